The maximum absolute atomic E-state index is 14.2. The van der Waals surface area contributed by atoms with Gasteiger partial charge in [0.1, 0.15) is 6.15 Å². The van der Waals surface area contributed by atoms with Crippen LogP contribution in [-0.2, 0) is 56.0 Å². The Hall–Kier alpha value is -6.42. The molecule has 0 aliphatic carbocycles. The summed E-state index contributed by atoms with van der Waals surface area (Å²) in [6.45, 7) is 0.328. The van der Waals surface area contributed by atoms with Crippen LogP contribution in [-0.4, -0.2) is 16.9 Å². The predicted octanol–water partition coefficient (Wildman–Crippen LogP) is 12.8. The van der Waals surface area contributed by atoms with Crippen LogP contribution < -0.4 is 26.4 Å². The Bertz CT molecular complexity index is 2510. The SMILES string of the molecule is FC(F)(F)c1cc([B-](c2cc(C(F)(F)F)cc(C(F)(F)F)c2)(c2cc(C(F)(F)F)cc(C(F)(F)F)c2)c2cc(C(F)(F)F)cc(C(F)(F)F)c2)cc(C(F)(F)F)c1.O=C(C[n+]1ccncc1)c1ccc(S)cc1. The number of Topliss-reactive ketones (excluding diaryl/α,β-unsaturated/α-hetero) is 1. The van der Waals surface area contributed by atoms with E-state index >= 15 is 0 Å². The van der Waals surface area contributed by atoms with Crippen molar-refractivity contribution in [2.75, 3.05) is 0 Å². The summed E-state index contributed by atoms with van der Waals surface area (Å²) in [5, 5.41) is 0. The van der Waals surface area contributed by atoms with Gasteiger partial charge >= 0.3 is 49.4 Å². The molecule has 0 radical (unpaired) electrons. The first-order valence-electron chi connectivity index (χ1n) is 19.5. The van der Waals surface area contributed by atoms with Gasteiger partial charge in [-0.2, -0.15) is 132 Å². The van der Waals surface area contributed by atoms with E-state index in [2.05, 4.69) is 17.6 Å². The van der Waals surface area contributed by atoms with Gasteiger partial charge in [-0.05, 0) is 36.4 Å². The molecule has 0 amide bonds. The van der Waals surface area contributed by atoms with E-state index in [4.69, 9.17) is 0 Å². The molecule has 1 heterocycles. The van der Waals surface area contributed by atoms with Crippen LogP contribution in [0.3, 0.4) is 0 Å². The number of carbonyl (C=O) groups excluding carboxylic acids is 1. The van der Waals surface area contributed by atoms with Crippen LogP contribution in [0.25, 0.3) is 0 Å². The Morgan fingerprint density at radius 2 is 0.603 bits per heavy atom. The summed E-state index contributed by atoms with van der Waals surface area (Å²) in [7, 11) is 0. The smallest absolute Gasteiger partial charge is 0.287 e. The molecule has 0 bridgehead atoms. The highest BCUT2D eigenvalue weighted by atomic mass is 32.1. The number of halogens is 24. The number of benzene rings is 5. The second-order valence-electron chi connectivity index (χ2n) is 15.6. The lowest BCUT2D eigenvalue weighted by Crippen LogP contribution is -2.75. The first-order chi connectivity index (χ1) is 33.0. The summed E-state index contributed by atoms with van der Waals surface area (Å²) < 4.78 is 343. The molecule has 6 rings (SSSR count). The van der Waals surface area contributed by atoms with Crippen molar-refractivity contribution in [3.05, 3.63) is 172 Å². The Morgan fingerprint density at radius 3 is 0.808 bits per heavy atom. The first-order valence-corrected chi connectivity index (χ1v) is 19.9. The average molecular weight is 1090 g/mol. The second kappa shape index (κ2) is 19.8. The Morgan fingerprint density at radius 1 is 0.384 bits per heavy atom. The highest BCUT2D eigenvalue weighted by Gasteiger charge is 2.47. The summed E-state index contributed by atoms with van der Waals surface area (Å²) in [5.74, 6) is 0.0736. The number of rotatable bonds is 7. The number of carbonyl (C=O) groups is 1. The minimum atomic E-state index is -6.13. The molecule has 0 aliphatic rings. The third kappa shape index (κ3) is 13.6. The zero-order valence-corrected chi connectivity index (χ0v) is 36.0. The average Bonchev–Trinajstić information content (AvgIpc) is 3.25. The largest absolute Gasteiger partial charge is 0.416 e. The highest BCUT2D eigenvalue weighted by Crippen LogP contribution is 2.41. The van der Waals surface area contributed by atoms with Gasteiger partial charge in [0.05, 0.1) is 56.9 Å². The van der Waals surface area contributed by atoms with Gasteiger partial charge in [0.2, 0.25) is 12.3 Å². The van der Waals surface area contributed by atoms with E-state index in [-0.39, 0.29) is 5.78 Å². The molecule has 0 fully saturated rings. The Labute approximate surface area is 398 Å². The fourth-order valence-corrected chi connectivity index (χ4v) is 7.58. The van der Waals surface area contributed by atoms with E-state index in [1.54, 1.807) is 41.5 Å². The van der Waals surface area contributed by atoms with Gasteiger partial charge in [0, 0.05) is 10.5 Å². The van der Waals surface area contributed by atoms with Crippen LogP contribution >= 0.6 is 12.6 Å². The van der Waals surface area contributed by atoms with Gasteiger partial charge in [0.15, 0.2) is 12.4 Å². The van der Waals surface area contributed by atoms with Crippen molar-refractivity contribution < 1.29 is 115 Å². The minimum absolute atomic E-state index is 0.0736. The van der Waals surface area contributed by atoms with Gasteiger partial charge < -0.3 is 0 Å². The molecule has 0 spiro atoms. The van der Waals surface area contributed by atoms with E-state index in [1.807, 2.05) is 12.1 Å². The summed E-state index contributed by atoms with van der Waals surface area (Å²) >= 11 is 4.17. The zero-order valence-electron chi connectivity index (χ0n) is 35.2. The molecule has 0 saturated heterocycles. The van der Waals surface area contributed by atoms with Crippen molar-refractivity contribution in [1.29, 1.82) is 0 Å². The van der Waals surface area contributed by atoms with E-state index < -0.39 is 195 Å². The topological polar surface area (TPSA) is 33.8 Å². The van der Waals surface area contributed by atoms with Crippen molar-refractivity contribution >= 4 is 46.4 Å². The van der Waals surface area contributed by atoms with Gasteiger partial charge in [-0.25, -0.2) is 0 Å². The van der Waals surface area contributed by atoms with Crippen LogP contribution in [0.2, 0.25) is 0 Å². The predicted molar refractivity (Wildman–Crippen MR) is 213 cm³/mol. The number of nitrogens with zero attached hydrogens (tertiary/aromatic N) is 2. The molecule has 5 aromatic carbocycles. The molecule has 0 saturated carbocycles. The van der Waals surface area contributed by atoms with Crippen molar-refractivity contribution in [3.63, 3.8) is 0 Å². The molecule has 29 heteroatoms. The third-order valence-electron chi connectivity index (χ3n) is 10.6. The van der Waals surface area contributed by atoms with Crippen LogP contribution in [0.1, 0.15) is 54.9 Å². The second-order valence-corrected chi connectivity index (χ2v) is 16.1. The number of hydrogen-bond acceptors (Lipinski definition) is 3. The molecular formula is C44H23BF24N2OS. The van der Waals surface area contributed by atoms with E-state index in [1.165, 1.54) is 0 Å². The standard InChI is InChI=1S/C32H12BF24.C12H10N2OS/c34-25(35,36)13-1-14(26(37,38)39)6-21(5-13)33(22-7-15(27(40,41)42)2-16(8-22)28(43,44)45,23-9-17(29(46,47)48)3-18(10-23)30(49,50)51)24-11-19(31(52,53)54)4-20(12-24)32(55,56)57;15-12(9-14-7-5-13-6-8-14)10-1-3-11(16)4-2-10/h1-12H;1-8H,9H2/q-1;/p+1. The molecule has 6 aromatic rings. The minimum Gasteiger partial charge on any atom is -0.287 e. The summed E-state index contributed by atoms with van der Waals surface area (Å²) in [6.07, 6.45) is -48.0. The fourth-order valence-electron chi connectivity index (χ4n) is 7.43. The molecule has 0 atom stereocenters. The molecule has 1 aromatic heterocycles. The lowest BCUT2D eigenvalue weighted by Gasteiger charge is -2.46. The highest BCUT2D eigenvalue weighted by molar-refractivity contribution is 7.80. The van der Waals surface area contributed by atoms with E-state index in [0.717, 1.165) is 4.90 Å². The first kappa shape index (κ1) is 57.5. The van der Waals surface area contributed by atoms with Crippen LogP contribution in [0.5, 0.6) is 0 Å². The van der Waals surface area contributed by atoms with Gasteiger partial charge in [0.25, 0.3) is 0 Å². The Balaban J connectivity index is 0.000000520. The lowest BCUT2D eigenvalue weighted by molar-refractivity contribution is -0.683. The summed E-state index contributed by atoms with van der Waals surface area (Å²) in [5.41, 5.74) is -29.5. The van der Waals surface area contributed by atoms with Crippen LogP contribution in [0, 0.1) is 0 Å². The number of aromatic nitrogens is 2. The monoisotopic (exact) mass is 1090 g/mol. The van der Waals surface area contributed by atoms with Crippen molar-refractivity contribution in [3.8, 4) is 0 Å². The van der Waals surface area contributed by atoms with Crippen molar-refractivity contribution in [2.45, 2.75) is 60.9 Å². The third-order valence-corrected chi connectivity index (χ3v) is 10.9. The molecule has 0 unspecified atom stereocenters. The summed E-state index contributed by atoms with van der Waals surface area (Å²) in [4.78, 5) is 16.6. The van der Waals surface area contributed by atoms with E-state index in [9.17, 15) is 110 Å². The molecule has 392 valence electrons. The Kier molecular flexibility index (Phi) is 15.6. The van der Waals surface area contributed by atoms with Crippen LogP contribution in [0.4, 0.5) is 105 Å². The molecule has 0 N–H and O–H groups in total. The lowest BCUT2D eigenvalue weighted by atomic mass is 9.12. The number of thiol groups is 1. The quantitative estimate of drug-likeness (QED) is 0.0568. The number of hydrogen-bond donors (Lipinski definition) is 1. The van der Waals surface area contributed by atoms with Crippen molar-refractivity contribution in [1.82, 2.24) is 4.98 Å². The molecule has 0 aliphatic heterocycles. The molecule has 73 heavy (non-hydrogen) atoms. The van der Waals surface area contributed by atoms with Gasteiger partial charge in [-0.1, -0.05) is 60.7 Å². The molecular weight excluding hydrogens is 1070 g/mol. The van der Waals surface area contributed by atoms with Gasteiger partial charge in [-0.3, -0.25) is 9.78 Å². The van der Waals surface area contributed by atoms with Crippen LogP contribution in [0.15, 0.2) is 127 Å². The maximum Gasteiger partial charge on any atom is 0.416 e. The normalized spacial score (nSPS) is 13.4. The van der Waals surface area contributed by atoms with Crippen molar-refractivity contribution in [2.24, 2.45) is 0 Å². The number of ketones is 1. The zero-order chi connectivity index (χ0) is 55.3. The van der Waals surface area contributed by atoms with Gasteiger partial charge in [-0.15, -0.1) is 12.6 Å². The fraction of sp³-hybridized carbons (Fsp3) is 0.205. The molecule has 3 nitrogen and oxygen atoms in total. The number of alkyl halides is 24. The van der Waals surface area contributed by atoms with E-state index in [0.29, 0.717) is 12.1 Å². The maximum atomic E-state index is 14.2. The summed E-state index contributed by atoms with van der Waals surface area (Å²) in [6, 6.07) is -1.62.